The van der Waals surface area contributed by atoms with E-state index in [1.165, 1.54) is 11.8 Å². The number of amides is 1. The lowest BCUT2D eigenvalue weighted by Crippen LogP contribution is -2.33. The third kappa shape index (κ3) is 5.47. The van der Waals surface area contributed by atoms with E-state index < -0.39 is 0 Å². The van der Waals surface area contributed by atoms with Gasteiger partial charge in [-0.25, -0.2) is 0 Å². The van der Waals surface area contributed by atoms with Gasteiger partial charge >= 0.3 is 0 Å². The van der Waals surface area contributed by atoms with E-state index in [4.69, 9.17) is 0 Å². The maximum atomic E-state index is 11.8. The average Bonchev–Trinajstić information content (AvgIpc) is 2.36. The highest BCUT2D eigenvalue weighted by Gasteiger charge is 2.14. The first-order valence-corrected chi connectivity index (χ1v) is 7.33. The van der Waals surface area contributed by atoms with Gasteiger partial charge in [0.05, 0.1) is 5.25 Å². The summed E-state index contributed by atoms with van der Waals surface area (Å²) < 4.78 is 0. The van der Waals surface area contributed by atoms with Crippen LogP contribution in [0.4, 0.5) is 0 Å². The summed E-state index contributed by atoms with van der Waals surface area (Å²) in [6.45, 7) is 8.27. The van der Waals surface area contributed by atoms with E-state index in [1.54, 1.807) is 19.1 Å². The van der Waals surface area contributed by atoms with Gasteiger partial charge in [0.15, 0.2) is 5.78 Å². The molecule has 1 aromatic rings. The van der Waals surface area contributed by atoms with Crippen LogP contribution >= 0.6 is 11.8 Å². The molecule has 0 fully saturated rings. The normalized spacial score (nSPS) is 12.3. The number of hydrogen-bond donors (Lipinski definition) is 1. The average molecular weight is 279 g/mol. The van der Waals surface area contributed by atoms with Crippen LogP contribution in [0, 0.1) is 5.92 Å². The summed E-state index contributed by atoms with van der Waals surface area (Å²) in [5.41, 5.74) is 0.696. The van der Waals surface area contributed by atoms with E-state index in [2.05, 4.69) is 19.2 Å². The van der Waals surface area contributed by atoms with E-state index in [0.29, 0.717) is 18.0 Å². The first kappa shape index (κ1) is 15.8. The largest absolute Gasteiger partial charge is 0.355 e. The maximum absolute atomic E-state index is 11.8. The van der Waals surface area contributed by atoms with Gasteiger partial charge in [0.1, 0.15) is 0 Å². The summed E-state index contributed by atoms with van der Waals surface area (Å²) in [5.74, 6) is 0.560. The van der Waals surface area contributed by atoms with Crippen LogP contribution in [0.2, 0.25) is 0 Å². The zero-order valence-electron chi connectivity index (χ0n) is 11.9. The topological polar surface area (TPSA) is 46.2 Å². The minimum Gasteiger partial charge on any atom is -0.355 e. The van der Waals surface area contributed by atoms with Crippen molar-refractivity contribution in [2.75, 3.05) is 6.54 Å². The lowest BCUT2D eigenvalue weighted by molar-refractivity contribution is -0.120. The number of ketones is 1. The molecule has 1 rings (SSSR count). The first-order valence-electron chi connectivity index (χ1n) is 6.45. The standard InChI is InChI=1S/C15H21NO2S/c1-10(2)9-16-15(18)12(4)19-14-7-5-13(6-8-14)11(3)17/h5-8,10,12H,9H2,1-4H3,(H,16,18). The quantitative estimate of drug-likeness (QED) is 0.643. The van der Waals surface area contributed by atoms with Gasteiger partial charge in [-0.1, -0.05) is 26.0 Å². The molecular weight excluding hydrogens is 258 g/mol. The number of thioether (sulfide) groups is 1. The van der Waals surface area contributed by atoms with Crippen LogP contribution in [0.15, 0.2) is 29.2 Å². The lowest BCUT2D eigenvalue weighted by atomic mass is 10.2. The minimum atomic E-state index is -0.137. The van der Waals surface area contributed by atoms with E-state index in [0.717, 1.165) is 4.90 Å². The maximum Gasteiger partial charge on any atom is 0.233 e. The Bertz CT molecular complexity index is 440. The Hall–Kier alpha value is -1.29. The molecule has 0 aliphatic heterocycles. The van der Waals surface area contributed by atoms with Crippen LogP contribution in [0.5, 0.6) is 0 Å². The number of carbonyl (C=O) groups excluding carboxylic acids is 2. The van der Waals surface area contributed by atoms with Crippen LogP contribution in [-0.2, 0) is 4.79 Å². The first-order chi connectivity index (χ1) is 8.90. The van der Waals surface area contributed by atoms with E-state index >= 15 is 0 Å². The highest BCUT2D eigenvalue weighted by Crippen LogP contribution is 2.23. The third-order valence-electron chi connectivity index (χ3n) is 2.63. The molecule has 19 heavy (non-hydrogen) atoms. The molecule has 104 valence electrons. The van der Waals surface area contributed by atoms with Crippen LogP contribution < -0.4 is 5.32 Å². The van der Waals surface area contributed by atoms with Gasteiger partial charge in [-0.2, -0.15) is 0 Å². The summed E-state index contributed by atoms with van der Waals surface area (Å²) in [6.07, 6.45) is 0. The van der Waals surface area contributed by atoms with Crippen molar-refractivity contribution >= 4 is 23.5 Å². The molecule has 1 aromatic carbocycles. The van der Waals surface area contributed by atoms with Crippen LogP contribution in [-0.4, -0.2) is 23.5 Å². The fourth-order valence-corrected chi connectivity index (χ4v) is 2.37. The Morgan fingerprint density at radius 1 is 1.16 bits per heavy atom. The van der Waals surface area contributed by atoms with Gasteiger partial charge in [0.2, 0.25) is 5.91 Å². The second-order valence-electron chi connectivity index (χ2n) is 4.98. The van der Waals surface area contributed by atoms with Crippen LogP contribution in [0.3, 0.4) is 0 Å². The Kier molecular flexibility index (Phi) is 6.09. The monoisotopic (exact) mass is 279 g/mol. The van der Waals surface area contributed by atoms with Crippen molar-refractivity contribution in [2.24, 2.45) is 5.92 Å². The Balaban J connectivity index is 2.54. The second kappa shape index (κ2) is 7.34. The van der Waals surface area contributed by atoms with Crippen molar-refractivity contribution in [2.45, 2.75) is 37.8 Å². The summed E-state index contributed by atoms with van der Waals surface area (Å²) in [4.78, 5) is 24.0. The van der Waals surface area contributed by atoms with E-state index in [-0.39, 0.29) is 16.9 Å². The predicted molar refractivity (Wildman–Crippen MR) is 79.6 cm³/mol. The molecule has 0 aliphatic carbocycles. The molecule has 0 heterocycles. The predicted octanol–water partition coefficient (Wildman–Crippen LogP) is 3.14. The molecule has 0 aromatic heterocycles. The summed E-state index contributed by atoms with van der Waals surface area (Å²) >= 11 is 1.50. The van der Waals surface area contributed by atoms with Crippen molar-refractivity contribution < 1.29 is 9.59 Å². The molecule has 3 nitrogen and oxygen atoms in total. The fraction of sp³-hybridized carbons (Fsp3) is 0.467. The molecule has 0 bridgehead atoms. The SMILES string of the molecule is CC(=O)c1ccc(SC(C)C(=O)NCC(C)C)cc1. The molecule has 1 amide bonds. The number of hydrogen-bond acceptors (Lipinski definition) is 3. The summed E-state index contributed by atoms with van der Waals surface area (Å²) in [7, 11) is 0. The van der Waals surface area contributed by atoms with Gasteiger partial charge in [-0.05, 0) is 31.9 Å². The molecule has 1 N–H and O–H groups in total. The zero-order chi connectivity index (χ0) is 14.4. The van der Waals surface area contributed by atoms with Crippen molar-refractivity contribution in [3.05, 3.63) is 29.8 Å². The molecule has 4 heteroatoms. The van der Waals surface area contributed by atoms with Crippen molar-refractivity contribution in [3.63, 3.8) is 0 Å². The number of benzene rings is 1. The highest BCUT2D eigenvalue weighted by atomic mass is 32.2. The summed E-state index contributed by atoms with van der Waals surface area (Å²) in [5, 5.41) is 2.78. The van der Waals surface area contributed by atoms with Gasteiger partial charge < -0.3 is 5.32 Å². The highest BCUT2D eigenvalue weighted by molar-refractivity contribution is 8.00. The van der Waals surface area contributed by atoms with Gasteiger partial charge in [-0.15, -0.1) is 11.8 Å². The van der Waals surface area contributed by atoms with Crippen molar-refractivity contribution in [1.29, 1.82) is 0 Å². The number of carbonyl (C=O) groups is 2. The molecule has 0 spiro atoms. The second-order valence-corrected chi connectivity index (χ2v) is 6.39. The molecule has 0 saturated heterocycles. The van der Waals surface area contributed by atoms with Gasteiger partial charge in [0.25, 0.3) is 0 Å². The third-order valence-corrected chi connectivity index (χ3v) is 3.74. The van der Waals surface area contributed by atoms with Crippen LogP contribution in [0.1, 0.15) is 38.1 Å². The fourth-order valence-electron chi connectivity index (χ4n) is 1.47. The molecule has 0 aliphatic rings. The Morgan fingerprint density at radius 2 is 1.74 bits per heavy atom. The number of Topliss-reactive ketones (excluding diaryl/α,β-unsaturated/α-hetero) is 1. The molecule has 0 radical (unpaired) electrons. The molecule has 1 unspecified atom stereocenters. The Labute approximate surface area is 119 Å². The minimum absolute atomic E-state index is 0.0503. The molecule has 0 saturated carbocycles. The lowest BCUT2D eigenvalue weighted by Gasteiger charge is -2.13. The van der Waals surface area contributed by atoms with E-state index in [1.807, 2.05) is 19.1 Å². The van der Waals surface area contributed by atoms with Crippen LogP contribution in [0.25, 0.3) is 0 Å². The molecule has 1 atom stereocenters. The zero-order valence-corrected chi connectivity index (χ0v) is 12.7. The van der Waals surface area contributed by atoms with Gasteiger partial charge in [0, 0.05) is 17.0 Å². The smallest absolute Gasteiger partial charge is 0.233 e. The Morgan fingerprint density at radius 3 is 2.21 bits per heavy atom. The summed E-state index contributed by atoms with van der Waals surface area (Å²) in [6, 6.07) is 7.36. The number of nitrogens with one attached hydrogen (secondary N) is 1. The van der Waals surface area contributed by atoms with E-state index in [9.17, 15) is 9.59 Å². The molecular formula is C15H21NO2S. The van der Waals surface area contributed by atoms with Crippen molar-refractivity contribution in [1.82, 2.24) is 5.32 Å². The number of rotatable bonds is 6. The van der Waals surface area contributed by atoms with Crippen molar-refractivity contribution in [3.8, 4) is 0 Å². The van der Waals surface area contributed by atoms with Gasteiger partial charge in [-0.3, -0.25) is 9.59 Å².